The van der Waals surface area contributed by atoms with Crippen molar-refractivity contribution in [3.63, 3.8) is 0 Å². The monoisotopic (exact) mass is 166 g/mol. The minimum absolute atomic E-state index is 0.490. The Balaban J connectivity index is 1.84. The van der Waals surface area contributed by atoms with Crippen molar-refractivity contribution in [1.29, 1.82) is 0 Å². The van der Waals surface area contributed by atoms with Crippen LogP contribution < -0.4 is 11.1 Å². The second-order valence-electron chi connectivity index (χ2n) is 3.23. The largest absolute Gasteiger partial charge is 0.463 e. The van der Waals surface area contributed by atoms with Crippen LogP contribution in [0.5, 0.6) is 0 Å². The molecular formula is C9H14N2O. The molecule has 12 heavy (non-hydrogen) atoms. The zero-order valence-electron chi connectivity index (χ0n) is 7.05. The molecule has 0 aromatic carbocycles. The molecule has 1 saturated carbocycles. The van der Waals surface area contributed by atoms with E-state index in [0.29, 0.717) is 6.54 Å². The fraction of sp³-hybridized carbons (Fsp3) is 0.556. The van der Waals surface area contributed by atoms with E-state index in [1.54, 1.807) is 0 Å². The number of hydrogen-bond donors (Lipinski definition) is 2. The molecule has 0 aliphatic heterocycles. The second-order valence-corrected chi connectivity index (χ2v) is 3.23. The quantitative estimate of drug-likeness (QED) is 0.701. The van der Waals surface area contributed by atoms with Gasteiger partial charge in [0, 0.05) is 6.04 Å². The molecule has 1 heterocycles. The Morgan fingerprint density at radius 3 is 2.75 bits per heavy atom. The minimum atomic E-state index is 0.490. The Hall–Kier alpha value is -0.800. The molecule has 0 unspecified atom stereocenters. The van der Waals surface area contributed by atoms with E-state index in [0.717, 1.165) is 24.1 Å². The molecule has 3 N–H and O–H groups in total. The third kappa shape index (κ3) is 1.87. The van der Waals surface area contributed by atoms with E-state index in [-0.39, 0.29) is 0 Å². The Morgan fingerprint density at radius 1 is 1.42 bits per heavy atom. The van der Waals surface area contributed by atoms with Gasteiger partial charge in [0.2, 0.25) is 0 Å². The van der Waals surface area contributed by atoms with Gasteiger partial charge < -0.3 is 15.5 Å². The first-order chi connectivity index (χ1) is 5.88. The topological polar surface area (TPSA) is 51.2 Å². The summed E-state index contributed by atoms with van der Waals surface area (Å²) in [4.78, 5) is 0. The van der Waals surface area contributed by atoms with Crippen LogP contribution in [0.2, 0.25) is 0 Å². The summed E-state index contributed by atoms with van der Waals surface area (Å²) in [6, 6.07) is 4.65. The molecule has 66 valence electrons. The number of furan rings is 1. The average molecular weight is 166 g/mol. The lowest BCUT2D eigenvalue weighted by Crippen LogP contribution is -2.14. The van der Waals surface area contributed by atoms with E-state index in [1.165, 1.54) is 12.8 Å². The van der Waals surface area contributed by atoms with Gasteiger partial charge in [0.05, 0.1) is 13.1 Å². The molecule has 2 rings (SSSR count). The molecule has 1 aliphatic rings. The van der Waals surface area contributed by atoms with Gasteiger partial charge in [-0.1, -0.05) is 0 Å². The Labute approximate surface area is 71.9 Å². The van der Waals surface area contributed by atoms with Crippen molar-refractivity contribution in [3.8, 4) is 0 Å². The lowest BCUT2D eigenvalue weighted by atomic mass is 10.4. The summed E-state index contributed by atoms with van der Waals surface area (Å²) in [6.45, 7) is 1.33. The highest BCUT2D eigenvalue weighted by Gasteiger charge is 2.20. The summed E-state index contributed by atoms with van der Waals surface area (Å²) in [5.74, 6) is 1.85. The Bertz CT molecular complexity index is 253. The predicted molar refractivity (Wildman–Crippen MR) is 46.5 cm³/mol. The smallest absolute Gasteiger partial charge is 0.118 e. The molecule has 0 bridgehead atoms. The van der Waals surface area contributed by atoms with Crippen LogP contribution in [0, 0.1) is 0 Å². The van der Waals surface area contributed by atoms with E-state index >= 15 is 0 Å². The number of nitrogens with one attached hydrogen (secondary N) is 1. The van der Waals surface area contributed by atoms with Crippen molar-refractivity contribution in [2.24, 2.45) is 5.73 Å². The highest BCUT2D eigenvalue weighted by molar-refractivity contribution is 5.07. The maximum absolute atomic E-state index is 5.42. The van der Waals surface area contributed by atoms with Crippen molar-refractivity contribution in [1.82, 2.24) is 5.32 Å². The maximum atomic E-state index is 5.42. The highest BCUT2D eigenvalue weighted by Crippen LogP contribution is 2.19. The molecule has 3 heteroatoms. The summed E-state index contributed by atoms with van der Waals surface area (Å²) in [5.41, 5.74) is 5.42. The zero-order chi connectivity index (χ0) is 8.39. The van der Waals surface area contributed by atoms with Gasteiger partial charge in [-0.15, -0.1) is 0 Å². The van der Waals surface area contributed by atoms with Gasteiger partial charge in [-0.3, -0.25) is 0 Å². The van der Waals surface area contributed by atoms with Gasteiger partial charge in [-0.05, 0) is 25.0 Å². The molecular weight excluding hydrogens is 152 g/mol. The average Bonchev–Trinajstić information content (AvgIpc) is 2.81. The van der Waals surface area contributed by atoms with Gasteiger partial charge >= 0.3 is 0 Å². The van der Waals surface area contributed by atoms with Crippen molar-refractivity contribution in [2.45, 2.75) is 32.0 Å². The molecule has 0 atom stereocenters. The summed E-state index contributed by atoms with van der Waals surface area (Å²) in [5, 5.41) is 3.38. The van der Waals surface area contributed by atoms with Crippen LogP contribution in [-0.4, -0.2) is 6.04 Å². The summed E-state index contributed by atoms with van der Waals surface area (Å²) in [6.07, 6.45) is 2.62. The van der Waals surface area contributed by atoms with Crippen molar-refractivity contribution in [2.75, 3.05) is 0 Å². The molecule has 1 aliphatic carbocycles. The Kier molecular flexibility index (Phi) is 2.15. The number of hydrogen-bond acceptors (Lipinski definition) is 3. The van der Waals surface area contributed by atoms with E-state index in [9.17, 15) is 0 Å². The van der Waals surface area contributed by atoms with Gasteiger partial charge in [0.1, 0.15) is 11.5 Å². The van der Waals surface area contributed by atoms with E-state index < -0.39 is 0 Å². The van der Waals surface area contributed by atoms with Crippen LogP contribution in [0.25, 0.3) is 0 Å². The van der Waals surface area contributed by atoms with Gasteiger partial charge in [-0.2, -0.15) is 0 Å². The predicted octanol–water partition coefficient (Wildman–Crippen LogP) is 0.990. The van der Waals surface area contributed by atoms with Crippen LogP contribution in [0.4, 0.5) is 0 Å². The van der Waals surface area contributed by atoms with Crippen LogP contribution in [0.3, 0.4) is 0 Å². The molecule has 0 amide bonds. The fourth-order valence-corrected chi connectivity index (χ4v) is 1.16. The lowest BCUT2D eigenvalue weighted by molar-refractivity contribution is 0.447. The van der Waals surface area contributed by atoms with E-state index in [1.807, 2.05) is 12.1 Å². The standard InChI is InChI=1S/C9H14N2O/c10-5-8-3-4-9(12-8)6-11-7-1-2-7/h3-4,7,11H,1-2,5-6,10H2. The molecule has 3 nitrogen and oxygen atoms in total. The van der Waals surface area contributed by atoms with Crippen molar-refractivity contribution < 1.29 is 4.42 Å². The third-order valence-electron chi connectivity index (χ3n) is 2.06. The normalized spacial score (nSPS) is 16.8. The van der Waals surface area contributed by atoms with Crippen LogP contribution in [0.1, 0.15) is 24.4 Å². The van der Waals surface area contributed by atoms with E-state index in [4.69, 9.17) is 10.2 Å². The fourth-order valence-electron chi connectivity index (χ4n) is 1.16. The molecule has 0 radical (unpaired) electrons. The third-order valence-corrected chi connectivity index (χ3v) is 2.06. The van der Waals surface area contributed by atoms with Crippen molar-refractivity contribution >= 4 is 0 Å². The first-order valence-corrected chi connectivity index (χ1v) is 4.39. The summed E-state index contributed by atoms with van der Waals surface area (Å²) in [7, 11) is 0. The zero-order valence-corrected chi connectivity index (χ0v) is 7.05. The van der Waals surface area contributed by atoms with Crippen molar-refractivity contribution in [3.05, 3.63) is 23.7 Å². The van der Waals surface area contributed by atoms with Gasteiger partial charge in [0.25, 0.3) is 0 Å². The number of rotatable bonds is 4. The maximum Gasteiger partial charge on any atom is 0.118 e. The number of nitrogens with two attached hydrogens (primary N) is 1. The first kappa shape index (κ1) is 7.83. The molecule has 1 aromatic heterocycles. The van der Waals surface area contributed by atoms with Gasteiger partial charge in [-0.25, -0.2) is 0 Å². The second kappa shape index (κ2) is 3.29. The molecule has 0 spiro atoms. The van der Waals surface area contributed by atoms with Crippen LogP contribution in [0.15, 0.2) is 16.5 Å². The minimum Gasteiger partial charge on any atom is -0.463 e. The summed E-state index contributed by atoms with van der Waals surface area (Å²) < 4.78 is 5.42. The summed E-state index contributed by atoms with van der Waals surface area (Å²) >= 11 is 0. The lowest BCUT2D eigenvalue weighted by Gasteiger charge is -1.97. The molecule has 1 aromatic rings. The Morgan fingerprint density at radius 2 is 2.17 bits per heavy atom. The SMILES string of the molecule is NCc1ccc(CNC2CC2)o1. The highest BCUT2D eigenvalue weighted by atomic mass is 16.3. The first-order valence-electron chi connectivity index (χ1n) is 4.39. The van der Waals surface area contributed by atoms with Crippen LogP contribution in [-0.2, 0) is 13.1 Å². The van der Waals surface area contributed by atoms with Crippen LogP contribution >= 0.6 is 0 Å². The van der Waals surface area contributed by atoms with Gasteiger partial charge in [0.15, 0.2) is 0 Å². The molecule has 1 fully saturated rings. The molecule has 0 saturated heterocycles. The van der Waals surface area contributed by atoms with E-state index in [2.05, 4.69) is 5.32 Å².